The van der Waals surface area contributed by atoms with Crippen LogP contribution in [0.25, 0.3) is 11.0 Å². The number of aromatic nitrogens is 2. The normalized spacial score (nSPS) is 22.2. The van der Waals surface area contributed by atoms with Gasteiger partial charge in [-0.15, -0.1) is 0 Å². The molecular weight excluding hydrogens is 242 g/mol. The van der Waals surface area contributed by atoms with Gasteiger partial charge in [0.2, 0.25) is 0 Å². The van der Waals surface area contributed by atoms with Crippen molar-refractivity contribution in [2.24, 2.45) is 5.92 Å². The first-order valence-corrected chi connectivity index (χ1v) is 6.46. The van der Waals surface area contributed by atoms with Gasteiger partial charge in [0.05, 0.1) is 17.0 Å². The fraction of sp³-hybridized carbons (Fsp3) is 0.429. The van der Waals surface area contributed by atoms with Crippen molar-refractivity contribution in [3.63, 3.8) is 0 Å². The second-order valence-corrected chi connectivity index (χ2v) is 5.29. The lowest BCUT2D eigenvalue weighted by atomic mass is 9.79. The van der Waals surface area contributed by atoms with E-state index in [1.807, 2.05) is 26.1 Å². The molecule has 100 valence electrons. The summed E-state index contributed by atoms with van der Waals surface area (Å²) in [4.78, 5) is 20.6. The number of carboxylic acid groups (broad SMARTS) is 1. The van der Waals surface area contributed by atoms with E-state index in [0.717, 1.165) is 35.4 Å². The maximum atomic E-state index is 10.8. The predicted octanol–water partition coefficient (Wildman–Crippen LogP) is 2.17. The van der Waals surface area contributed by atoms with E-state index < -0.39 is 5.97 Å². The van der Waals surface area contributed by atoms with Crippen LogP contribution in [0.3, 0.4) is 0 Å². The fourth-order valence-electron chi connectivity index (χ4n) is 2.66. The van der Waals surface area contributed by atoms with Crippen LogP contribution in [0.2, 0.25) is 0 Å². The molecule has 1 aliphatic carbocycles. The molecule has 0 aliphatic heterocycles. The van der Waals surface area contributed by atoms with Crippen LogP contribution in [0.1, 0.15) is 18.7 Å². The summed E-state index contributed by atoms with van der Waals surface area (Å²) < 4.78 is 0. The molecule has 3 rings (SSSR count). The number of rotatable bonds is 3. The standard InChI is InChI=1S/C14H17N3O2/c1-8-15-12-4-3-10(7-13(12)16-8)17(2)11-5-9(6-11)14(18)19/h3-4,7,9,11H,5-6H2,1-2H3,(H,15,16)(H,18,19). The highest BCUT2D eigenvalue weighted by Crippen LogP contribution is 2.34. The van der Waals surface area contributed by atoms with E-state index in [1.165, 1.54) is 0 Å². The third-order valence-electron chi connectivity index (χ3n) is 4.00. The molecule has 1 heterocycles. The summed E-state index contributed by atoms with van der Waals surface area (Å²) in [7, 11) is 2.02. The smallest absolute Gasteiger partial charge is 0.306 e. The minimum atomic E-state index is -0.677. The van der Waals surface area contributed by atoms with Gasteiger partial charge < -0.3 is 15.0 Å². The lowest BCUT2D eigenvalue weighted by Gasteiger charge is -2.40. The van der Waals surface area contributed by atoms with Crippen LogP contribution >= 0.6 is 0 Å². The number of carbonyl (C=O) groups is 1. The average molecular weight is 259 g/mol. The second kappa shape index (κ2) is 4.26. The number of aliphatic carboxylic acids is 1. The highest BCUT2D eigenvalue weighted by molar-refractivity contribution is 5.80. The van der Waals surface area contributed by atoms with Gasteiger partial charge in [-0.2, -0.15) is 0 Å². The van der Waals surface area contributed by atoms with Crippen LogP contribution in [-0.2, 0) is 4.79 Å². The summed E-state index contributed by atoms with van der Waals surface area (Å²) >= 11 is 0. The Kier molecular flexibility index (Phi) is 2.69. The van der Waals surface area contributed by atoms with Crippen molar-refractivity contribution in [2.75, 3.05) is 11.9 Å². The van der Waals surface area contributed by atoms with Gasteiger partial charge in [-0.05, 0) is 38.0 Å². The summed E-state index contributed by atoms with van der Waals surface area (Å²) in [6, 6.07) is 6.43. The molecule has 0 unspecified atom stereocenters. The first kappa shape index (κ1) is 12.0. The Hall–Kier alpha value is -2.04. The van der Waals surface area contributed by atoms with Crippen LogP contribution in [0.5, 0.6) is 0 Å². The zero-order valence-electron chi connectivity index (χ0n) is 11.1. The topological polar surface area (TPSA) is 69.2 Å². The Labute approximate surface area is 111 Å². The molecule has 0 spiro atoms. The molecule has 1 aromatic carbocycles. The summed E-state index contributed by atoms with van der Waals surface area (Å²) in [5, 5.41) is 8.92. The van der Waals surface area contributed by atoms with E-state index in [9.17, 15) is 4.79 Å². The van der Waals surface area contributed by atoms with E-state index in [-0.39, 0.29) is 5.92 Å². The number of benzene rings is 1. The molecule has 1 fully saturated rings. The lowest BCUT2D eigenvalue weighted by Crippen LogP contribution is -2.45. The molecule has 1 aromatic heterocycles. The molecular formula is C14H17N3O2. The molecule has 2 N–H and O–H groups in total. The number of nitrogens with one attached hydrogen (secondary N) is 1. The van der Waals surface area contributed by atoms with Crippen LogP contribution in [-0.4, -0.2) is 34.1 Å². The molecule has 2 aromatic rings. The van der Waals surface area contributed by atoms with E-state index in [1.54, 1.807) is 0 Å². The molecule has 5 nitrogen and oxygen atoms in total. The quantitative estimate of drug-likeness (QED) is 0.886. The van der Waals surface area contributed by atoms with Gasteiger partial charge in [-0.25, -0.2) is 4.98 Å². The summed E-state index contributed by atoms with van der Waals surface area (Å²) in [5.74, 6) is 0.0549. The Balaban J connectivity index is 1.78. The Morgan fingerprint density at radius 3 is 2.89 bits per heavy atom. The zero-order valence-corrected chi connectivity index (χ0v) is 11.1. The van der Waals surface area contributed by atoms with Gasteiger partial charge in [-0.3, -0.25) is 4.79 Å². The van der Waals surface area contributed by atoms with Crippen molar-refractivity contribution in [1.82, 2.24) is 9.97 Å². The number of nitrogens with zero attached hydrogens (tertiary/aromatic N) is 2. The summed E-state index contributed by atoms with van der Waals surface area (Å²) in [5.41, 5.74) is 3.09. The van der Waals surface area contributed by atoms with E-state index in [0.29, 0.717) is 6.04 Å². The summed E-state index contributed by atoms with van der Waals surface area (Å²) in [6.07, 6.45) is 1.46. The first-order valence-electron chi connectivity index (χ1n) is 6.46. The SMILES string of the molecule is Cc1nc2ccc(N(C)C3CC(C(=O)O)C3)cc2[nH]1. The van der Waals surface area contributed by atoms with Crippen molar-refractivity contribution >= 4 is 22.7 Å². The summed E-state index contributed by atoms with van der Waals surface area (Å²) in [6.45, 7) is 1.94. The van der Waals surface area contributed by atoms with E-state index in [2.05, 4.69) is 20.9 Å². The van der Waals surface area contributed by atoms with Gasteiger partial charge in [0.1, 0.15) is 5.82 Å². The first-order chi connectivity index (χ1) is 9.04. The predicted molar refractivity (Wildman–Crippen MR) is 73.4 cm³/mol. The molecule has 5 heteroatoms. The van der Waals surface area contributed by atoms with Gasteiger partial charge in [-0.1, -0.05) is 0 Å². The molecule has 0 radical (unpaired) electrons. The van der Waals surface area contributed by atoms with Crippen molar-refractivity contribution in [3.05, 3.63) is 24.0 Å². The van der Waals surface area contributed by atoms with Crippen LogP contribution < -0.4 is 4.90 Å². The molecule has 0 amide bonds. The van der Waals surface area contributed by atoms with Gasteiger partial charge in [0, 0.05) is 18.8 Å². The van der Waals surface area contributed by atoms with Gasteiger partial charge in [0.15, 0.2) is 0 Å². The van der Waals surface area contributed by atoms with Crippen LogP contribution in [0.4, 0.5) is 5.69 Å². The largest absolute Gasteiger partial charge is 0.481 e. The Morgan fingerprint density at radius 1 is 1.47 bits per heavy atom. The molecule has 0 saturated heterocycles. The van der Waals surface area contributed by atoms with E-state index >= 15 is 0 Å². The highest BCUT2D eigenvalue weighted by atomic mass is 16.4. The van der Waals surface area contributed by atoms with Crippen molar-refractivity contribution in [3.8, 4) is 0 Å². The minimum absolute atomic E-state index is 0.175. The zero-order chi connectivity index (χ0) is 13.6. The van der Waals surface area contributed by atoms with Crippen molar-refractivity contribution in [1.29, 1.82) is 0 Å². The number of aromatic amines is 1. The number of fused-ring (bicyclic) bond motifs is 1. The molecule has 0 bridgehead atoms. The third kappa shape index (κ3) is 2.05. The number of aryl methyl sites for hydroxylation is 1. The number of anilines is 1. The van der Waals surface area contributed by atoms with Crippen molar-refractivity contribution < 1.29 is 9.90 Å². The average Bonchev–Trinajstić information content (AvgIpc) is 2.65. The molecule has 19 heavy (non-hydrogen) atoms. The van der Waals surface area contributed by atoms with Gasteiger partial charge in [0.25, 0.3) is 0 Å². The monoisotopic (exact) mass is 259 g/mol. The number of H-pyrrole nitrogens is 1. The Morgan fingerprint density at radius 2 is 2.21 bits per heavy atom. The van der Waals surface area contributed by atoms with Crippen LogP contribution in [0.15, 0.2) is 18.2 Å². The number of hydrogen-bond donors (Lipinski definition) is 2. The third-order valence-corrected chi connectivity index (χ3v) is 4.00. The number of hydrogen-bond acceptors (Lipinski definition) is 3. The number of carboxylic acids is 1. The Bertz CT molecular complexity index is 629. The van der Waals surface area contributed by atoms with Crippen molar-refractivity contribution in [2.45, 2.75) is 25.8 Å². The molecule has 1 saturated carbocycles. The van der Waals surface area contributed by atoms with E-state index in [4.69, 9.17) is 5.11 Å². The van der Waals surface area contributed by atoms with Crippen LogP contribution in [0, 0.1) is 12.8 Å². The number of imidazole rings is 1. The highest BCUT2D eigenvalue weighted by Gasteiger charge is 2.36. The fourth-order valence-corrected chi connectivity index (χ4v) is 2.66. The second-order valence-electron chi connectivity index (χ2n) is 5.29. The van der Waals surface area contributed by atoms with Gasteiger partial charge >= 0.3 is 5.97 Å². The minimum Gasteiger partial charge on any atom is -0.481 e. The molecule has 1 aliphatic rings. The lowest BCUT2D eigenvalue weighted by molar-refractivity contribution is -0.145. The maximum Gasteiger partial charge on any atom is 0.306 e. The molecule has 0 atom stereocenters. The maximum absolute atomic E-state index is 10.8.